The number of hydrogen-bond donors (Lipinski definition) is 1. The number of rotatable bonds is 2. The molecular formula is C13H16FNO. The molecule has 0 radical (unpaired) electrons. The maximum atomic E-state index is 13.6. The molecule has 1 aromatic rings. The zero-order valence-corrected chi connectivity index (χ0v) is 9.64. The summed E-state index contributed by atoms with van der Waals surface area (Å²) in [5, 5.41) is 3.16. The largest absolute Gasteiger partial charge is 0.305 e. The SMILES string of the molecule is Cc1ccc(F)c(C(=O)C2(C)CCCN2)c1. The van der Waals surface area contributed by atoms with Gasteiger partial charge in [0.1, 0.15) is 5.82 Å². The zero-order chi connectivity index (χ0) is 11.8. The fourth-order valence-electron chi connectivity index (χ4n) is 2.20. The summed E-state index contributed by atoms with van der Waals surface area (Å²) >= 11 is 0. The van der Waals surface area contributed by atoms with Gasteiger partial charge in [0.25, 0.3) is 0 Å². The molecule has 1 aliphatic rings. The molecule has 3 heteroatoms. The third-order valence-corrected chi connectivity index (χ3v) is 3.24. The van der Waals surface area contributed by atoms with E-state index < -0.39 is 11.4 Å². The molecular weight excluding hydrogens is 205 g/mol. The second kappa shape index (κ2) is 3.98. The van der Waals surface area contributed by atoms with E-state index in [2.05, 4.69) is 5.32 Å². The van der Waals surface area contributed by atoms with Gasteiger partial charge in [0.05, 0.1) is 11.1 Å². The Morgan fingerprint density at radius 3 is 2.88 bits per heavy atom. The summed E-state index contributed by atoms with van der Waals surface area (Å²) in [4.78, 5) is 12.2. The number of ketones is 1. The second-order valence-corrected chi connectivity index (χ2v) is 4.67. The lowest BCUT2D eigenvalue weighted by Crippen LogP contribution is -2.44. The van der Waals surface area contributed by atoms with Crippen LogP contribution in [0.25, 0.3) is 0 Å². The molecule has 2 rings (SSSR count). The molecule has 0 aromatic heterocycles. The van der Waals surface area contributed by atoms with Crippen molar-refractivity contribution >= 4 is 5.78 Å². The molecule has 1 heterocycles. The molecule has 0 spiro atoms. The first-order valence-corrected chi connectivity index (χ1v) is 5.59. The molecule has 2 nitrogen and oxygen atoms in total. The van der Waals surface area contributed by atoms with Crippen LogP contribution in [0.5, 0.6) is 0 Å². The summed E-state index contributed by atoms with van der Waals surface area (Å²) in [6.45, 7) is 4.54. The van der Waals surface area contributed by atoms with Crippen molar-refractivity contribution in [3.8, 4) is 0 Å². The molecule has 1 atom stereocenters. The Morgan fingerprint density at radius 1 is 1.50 bits per heavy atom. The van der Waals surface area contributed by atoms with Gasteiger partial charge in [-0.05, 0) is 45.4 Å². The van der Waals surface area contributed by atoms with Crippen LogP contribution in [0.2, 0.25) is 0 Å². The van der Waals surface area contributed by atoms with E-state index in [-0.39, 0.29) is 11.3 Å². The second-order valence-electron chi connectivity index (χ2n) is 4.67. The summed E-state index contributed by atoms with van der Waals surface area (Å²) in [7, 11) is 0. The Bertz CT molecular complexity index is 422. The van der Waals surface area contributed by atoms with Gasteiger partial charge in [0, 0.05) is 0 Å². The average Bonchev–Trinajstić information content (AvgIpc) is 2.69. The van der Waals surface area contributed by atoms with E-state index in [4.69, 9.17) is 0 Å². The highest BCUT2D eigenvalue weighted by molar-refractivity contribution is 6.03. The van der Waals surface area contributed by atoms with Crippen LogP contribution in [-0.2, 0) is 0 Å². The number of nitrogens with one attached hydrogen (secondary N) is 1. The van der Waals surface area contributed by atoms with Crippen LogP contribution in [-0.4, -0.2) is 17.9 Å². The molecule has 1 aromatic carbocycles. The van der Waals surface area contributed by atoms with Crippen LogP contribution in [0.1, 0.15) is 35.7 Å². The van der Waals surface area contributed by atoms with E-state index in [1.165, 1.54) is 6.07 Å². The Kier molecular flexibility index (Phi) is 2.80. The minimum absolute atomic E-state index is 0.133. The number of aryl methyl sites for hydroxylation is 1. The van der Waals surface area contributed by atoms with Crippen LogP contribution < -0.4 is 5.32 Å². The lowest BCUT2D eigenvalue weighted by atomic mass is 9.89. The van der Waals surface area contributed by atoms with Crippen molar-refractivity contribution in [2.45, 2.75) is 32.2 Å². The Morgan fingerprint density at radius 2 is 2.25 bits per heavy atom. The number of carbonyl (C=O) groups is 1. The maximum Gasteiger partial charge on any atom is 0.185 e. The third-order valence-electron chi connectivity index (χ3n) is 3.24. The maximum absolute atomic E-state index is 13.6. The molecule has 0 bridgehead atoms. The predicted molar refractivity (Wildman–Crippen MR) is 61.1 cm³/mol. The predicted octanol–water partition coefficient (Wildman–Crippen LogP) is 2.46. The summed E-state index contributed by atoms with van der Waals surface area (Å²) in [5.74, 6) is -0.559. The molecule has 0 aliphatic carbocycles. The fourth-order valence-corrected chi connectivity index (χ4v) is 2.20. The lowest BCUT2D eigenvalue weighted by Gasteiger charge is -2.23. The fraction of sp³-hybridized carbons (Fsp3) is 0.462. The van der Waals surface area contributed by atoms with E-state index in [9.17, 15) is 9.18 Å². The molecule has 1 unspecified atom stereocenters. The van der Waals surface area contributed by atoms with Crippen molar-refractivity contribution in [2.75, 3.05) is 6.54 Å². The highest BCUT2D eigenvalue weighted by Crippen LogP contribution is 2.25. The van der Waals surface area contributed by atoms with Gasteiger partial charge in [0.15, 0.2) is 5.78 Å². The molecule has 1 aliphatic heterocycles. The minimum Gasteiger partial charge on any atom is -0.305 e. The van der Waals surface area contributed by atoms with Gasteiger partial charge in [-0.2, -0.15) is 0 Å². The van der Waals surface area contributed by atoms with Gasteiger partial charge < -0.3 is 5.32 Å². The molecule has 1 N–H and O–H groups in total. The first-order chi connectivity index (χ1) is 7.53. The first kappa shape index (κ1) is 11.3. The van der Waals surface area contributed by atoms with Crippen LogP contribution in [0.3, 0.4) is 0 Å². The highest BCUT2D eigenvalue weighted by atomic mass is 19.1. The van der Waals surface area contributed by atoms with Crippen molar-refractivity contribution in [3.05, 3.63) is 35.1 Å². The van der Waals surface area contributed by atoms with Crippen molar-refractivity contribution in [3.63, 3.8) is 0 Å². The number of benzene rings is 1. The van der Waals surface area contributed by atoms with Crippen LogP contribution >= 0.6 is 0 Å². The third kappa shape index (κ3) is 1.87. The van der Waals surface area contributed by atoms with Gasteiger partial charge in [0.2, 0.25) is 0 Å². The van der Waals surface area contributed by atoms with Crippen LogP contribution in [0.15, 0.2) is 18.2 Å². The standard InChI is InChI=1S/C13H16FNO/c1-9-4-5-11(14)10(8-9)12(16)13(2)6-3-7-15-13/h4-5,8,15H,3,6-7H2,1-2H3. The van der Waals surface area contributed by atoms with Crippen molar-refractivity contribution in [1.29, 1.82) is 0 Å². The zero-order valence-electron chi connectivity index (χ0n) is 9.64. The van der Waals surface area contributed by atoms with Gasteiger partial charge in [-0.3, -0.25) is 4.79 Å². The number of hydrogen-bond acceptors (Lipinski definition) is 2. The van der Waals surface area contributed by atoms with E-state index in [0.717, 1.165) is 24.9 Å². The first-order valence-electron chi connectivity index (χ1n) is 5.59. The van der Waals surface area contributed by atoms with E-state index in [0.29, 0.717) is 0 Å². The quantitative estimate of drug-likeness (QED) is 0.777. The Hall–Kier alpha value is -1.22. The summed E-state index contributed by atoms with van der Waals surface area (Å²) < 4.78 is 13.6. The summed E-state index contributed by atoms with van der Waals surface area (Å²) in [6, 6.07) is 4.67. The van der Waals surface area contributed by atoms with Crippen LogP contribution in [0, 0.1) is 12.7 Å². The van der Waals surface area contributed by atoms with E-state index in [1.54, 1.807) is 12.1 Å². The Balaban J connectivity index is 2.36. The number of Topliss-reactive ketones (excluding diaryl/α,β-unsaturated/α-hetero) is 1. The average molecular weight is 221 g/mol. The summed E-state index contributed by atoms with van der Waals surface area (Å²) in [5.41, 5.74) is 0.525. The molecule has 0 saturated carbocycles. The van der Waals surface area contributed by atoms with Crippen molar-refractivity contribution < 1.29 is 9.18 Å². The van der Waals surface area contributed by atoms with Crippen molar-refractivity contribution in [2.24, 2.45) is 0 Å². The van der Waals surface area contributed by atoms with Gasteiger partial charge in [-0.1, -0.05) is 11.6 Å². The highest BCUT2D eigenvalue weighted by Gasteiger charge is 2.37. The van der Waals surface area contributed by atoms with Crippen molar-refractivity contribution in [1.82, 2.24) is 5.32 Å². The Labute approximate surface area is 94.9 Å². The van der Waals surface area contributed by atoms with Gasteiger partial charge >= 0.3 is 0 Å². The van der Waals surface area contributed by atoms with Gasteiger partial charge in [-0.15, -0.1) is 0 Å². The van der Waals surface area contributed by atoms with Gasteiger partial charge in [-0.25, -0.2) is 4.39 Å². The lowest BCUT2D eigenvalue weighted by molar-refractivity contribution is 0.0880. The smallest absolute Gasteiger partial charge is 0.185 e. The number of carbonyl (C=O) groups excluding carboxylic acids is 1. The minimum atomic E-state index is -0.589. The molecule has 16 heavy (non-hydrogen) atoms. The normalized spacial score (nSPS) is 24.7. The summed E-state index contributed by atoms with van der Waals surface area (Å²) in [6.07, 6.45) is 1.74. The van der Waals surface area contributed by atoms with E-state index >= 15 is 0 Å². The molecule has 1 fully saturated rings. The van der Waals surface area contributed by atoms with Crippen LogP contribution in [0.4, 0.5) is 4.39 Å². The van der Waals surface area contributed by atoms with E-state index in [1.807, 2.05) is 13.8 Å². The number of halogens is 1. The molecule has 86 valence electrons. The topological polar surface area (TPSA) is 29.1 Å². The molecule has 1 saturated heterocycles. The monoisotopic (exact) mass is 221 g/mol. The molecule has 0 amide bonds.